The lowest BCUT2D eigenvalue weighted by atomic mass is 9.96. The summed E-state index contributed by atoms with van der Waals surface area (Å²) in [5.74, 6) is 0.0928. The van der Waals surface area contributed by atoms with Gasteiger partial charge in [0.1, 0.15) is 0 Å². The van der Waals surface area contributed by atoms with E-state index < -0.39 is 0 Å². The van der Waals surface area contributed by atoms with Gasteiger partial charge in [0.15, 0.2) is 0 Å². The molecule has 1 aromatic rings. The molecule has 3 rings (SSSR count). The van der Waals surface area contributed by atoms with Crippen molar-refractivity contribution in [1.82, 2.24) is 15.5 Å². The van der Waals surface area contributed by atoms with Crippen LogP contribution >= 0.6 is 0 Å². The maximum Gasteiger partial charge on any atom is 0.321 e. The molecule has 1 saturated heterocycles. The predicted octanol–water partition coefficient (Wildman–Crippen LogP) is 3.91. The highest BCUT2D eigenvalue weighted by Gasteiger charge is 2.27. The molecule has 2 aliphatic rings. The number of unbranched alkanes of at least 4 members (excludes halogenated alkanes) is 1. The first-order valence-electron chi connectivity index (χ1n) is 11.6. The third kappa shape index (κ3) is 7.15. The lowest BCUT2D eigenvalue weighted by Gasteiger charge is -2.31. The van der Waals surface area contributed by atoms with Crippen molar-refractivity contribution in [3.63, 3.8) is 0 Å². The molecule has 1 saturated carbocycles. The molecule has 4 N–H and O–H groups in total. The smallest absolute Gasteiger partial charge is 0.321 e. The van der Waals surface area contributed by atoms with E-state index in [9.17, 15) is 14.4 Å². The average Bonchev–Trinajstić information content (AvgIpc) is 3.28. The van der Waals surface area contributed by atoms with Gasteiger partial charge in [-0.2, -0.15) is 0 Å². The minimum absolute atomic E-state index is 0.0124. The molecule has 2 fully saturated rings. The minimum atomic E-state index is -0.190. The van der Waals surface area contributed by atoms with E-state index in [-0.39, 0.29) is 29.9 Å². The molecule has 1 aromatic carbocycles. The van der Waals surface area contributed by atoms with Crippen LogP contribution in [0.15, 0.2) is 24.3 Å². The van der Waals surface area contributed by atoms with E-state index in [1.54, 1.807) is 29.2 Å². The van der Waals surface area contributed by atoms with Gasteiger partial charge in [-0.3, -0.25) is 4.79 Å². The van der Waals surface area contributed by atoms with Gasteiger partial charge in [-0.15, -0.1) is 0 Å². The van der Waals surface area contributed by atoms with E-state index in [1.807, 2.05) is 0 Å². The molecule has 1 heterocycles. The molecule has 0 aromatic heterocycles. The summed E-state index contributed by atoms with van der Waals surface area (Å²) < 4.78 is 0. The number of rotatable bonds is 7. The van der Waals surface area contributed by atoms with Crippen LogP contribution in [0.1, 0.15) is 58.3 Å². The van der Waals surface area contributed by atoms with Crippen LogP contribution in [0.25, 0.3) is 0 Å². The molecule has 1 aliphatic heterocycles. The molecule has 8 nitrogen and oxygen atoms in total. The quantitative estimate of drug-likeness (QED) is 0.494. The Hall–Kier alpha value is -2.77. The van der Waals surface area contributed by atoms with Crippen molar-refractivity contribution in [2.45, 2.75) is 64.3 Å². The van der Waals surface area contributed by atoms with Crippen LogP contribution in [-0.2, 0) is 4.79 Å². The highest BCUT2D eigenvalue weighted by molar-refractivity contribution is 5.92. The topological polar surface area (TPSA) is 103 Å². The number of nitrogens with zero attached hydrogens (tertiary/aromatic N) is 1. The summed E-state index contributed by atoms with van der Waals surface area (Å²) in [7, 11) is 0. The molecular formula is C23H35N5O3. The van der Waals surface area contributed by atoms with Crippen molar-refractivity contribution >= 4 is 29.3 Å². The van der Waals surface area contributed by atoms with Gasteiger partial charge in [0.2, 0.25) is 5.91 Å². The molecule has 0 radical (unpaired) electrons. The van der Waals surface area contributed by atoms with E-state index in [0.29, 0.717) is 37.3 Å². The second kappa shape index (κ2) is 11.6. The van der Waals surface area contributed by atoms with E-state index in [2.05, 4.69) is 28.2 Å². The van der Waals surface area contributed by atoms with E-state index in [1.165, 1.54) is 12.8 Å². The third-order valence-electron chi connectivity index (χ3n) is 6.07. The van der Waals surface area contributed by atoms with Crippen molar-refractivity contribution < 1.29 is 14.4 Å². The predicted molar refractivity (Wildman–Crippen MR) is 122 cm³/mol. The Labute approximate surface area is 184 Å². The number of urea groups is 2. The summed E-state index contributed by atoms with van der Waals surface area (Å²) in [4.78, 5) is 38.5. The summed E-state index contributed by atoms with van der Waals surface area (Å²) in [6.45, 7) is 3.96. The zero-order chi connectivity index (χ0) is 22.1. The van der Waals surface area contributed by atoms with Gasteiger partial charge < -0.3 is 26.2 Å². The van der Waals surface area contributed by atoms with Crippen LogP contribution in [0.3, 0.4) is 0 Å². The Kier molecular flexibility index (Phi) is 8.55. The number of benzene rings is 1. The molecule has 1 aliphatic carbocycles. The van der Waals surface area contributed by atoms with Gasteiger partial charge in [-0.05, 0) is 56.4 Å². The highest BCUT2D eigenvalue weighted by atomic mass is 16.2. The Morgan fingerprint density at radius 2 is 1.55 bits per heavy atom. The van der Waals surface area contributed by atoms with E-state index in [0.717, 1.165) is 32.2 Å². The zero-order valence-electron chi connectivity index (χ0n) is 18.4. The highest BCUT2D eigenvalue weighted by Crippen LogP contribution is 2.20. The Morgan fingerprint density at radius 1 is 0.935 bits per heavy atom. The minimum Gasteiger partial charge on any atom is -0.356 e. The van der Waals surface area contributed by atoms with E-state index >= 15 is 0 Å². The molecule has 31 heavy (non-hydrogen) atoms. The number of amides is 5. The number of likely N-dealkylation sites (tertiary alicyclic amines) is 1. The van der Waals surface area contributed by atoms with Crippen LogP contribution in [0.2, 0.25) is 0 Å². The molecule has 8 heteroatoms. The number of hydrogen-bond donors (Lipinski definition) is 4. The lowest BCUT2D eigenvalue weighted by Crippen LogP contribution is -2.44. The van der Waals surface area contributed by atoms with Crippen molar-refractivity contribution in [2.75, 3.05) is 30.3 Å². The number of piperidine rings is 1. The molecule has 5 amide bonds. The molecular weight excluding hydrogens is 394 g/mol. The van der Waals surface area contributed by atoms with Gasteiger partial charge in [-0.25, -0.2) is 9.59 Å². The molecule has 0 bridgehead atoms. The molecule has 0 atom stereocenters. The van der Waals surface area contributed by atoms with Crippen LogP contribution in [-0.4, -0.2) is 48.5 Å². The number of hydrogen-bond acceptors (Lipinski definition) is 3. The SMILES string of the molecule is CCCCNC(=O)C1CCN(C(=O)Nc2ccc(NC(=O)NC3CCCC3)cc2)CC1. The average molecular weight is 430 g/mol. The number of nitrogens with one attached hydrogen (secondary N) is 4. The first-order chi connectivity index (χ1) is 15.0. The third-order valence-corrected chi connectivity index (χ3v) is 6.07. The Bertz CT molecular complexity index is 738. The largest absolute Gasteiger partial charge is 0.356 e. The number of anilines is 2. The molecule has 170 valence electrons. The summed E-state index contributed by atoms with van der Waals surface area (Å²) in [5.41, 5.74) is 1.36. The monoisotopic (exact) mass is 429 g/mol. The second-order valence-electron chi connectivity index (χ2n) is 8.49. The fourth-order valence-electron chi connectivity index (χ4n) is 4.14. The van der Waals surface area contributed by atoms with E-state index in [4.69, 9.17) is 0 Å². The fraction of sp³-hybridized carbons (Fsp3) is 0.609. The first-order valence-corrected chi connectivity index (χ1v) is 11.6. The van der Waals surface area contributed by atoms with Gasteiger partial charge >= 0.3 is 12.1 Å². The zero-order valence-corrected chi connectivity index (χ0v) is 18.4. The normalized spacial score (nSPS) is 17.3. The maximum absolute atomic E-state index is 12.5. The molecule has 0 unspecified atom stereocenters. The Morgan fingerprint density at radius 3 is 2.16 bits per heavy atom. The van der Waals surface area contributed by atoms with Crippen molar-refractivity contribution in [2.24, 2.45) is 5.92 Å². The standard InChI is InChI=1S/C23H35N5O3/c1-2-3-14-24-21(29)17-12-15-28(16-13-17)23(31)27-20-10-8-19(9-11-20)26-22(30)25-18-6-4-5-7-18/h8-11,17-18H,2-7,12-16H2,1H3,(H,24,29)(H,27,31)(H2,25,26,30). The van der Waals surface area contributed by atoms with Gasteiger partial charge in [0.25, 0.3) is 0 Å². The van der Waals surface area contributed by atoms with Crippen LogP contribution in [0.4, 0.5) is 21.0 Å². The number of carbonyl (C=O) groups excluding carboxylic acids is 3. The lowest BCUT2D eigenvalue weighted by molar-refractivity contribution is -0.126. The summed E-state index contributed by atoms with van der Waals surface area (Å²) in [6.07, 6.45) is 7.84. The van der Waals surface area contributed by atoms with Crippen molar-refractivity contribution in [3.8, 4) is 0 Å². The molecule has 0 spiro atoms. The fourth-order valence-corrected chi connectivity index (χ4v) is 4.14. The Balaban J connectivity index is 1.39. The van der Waals surface area contributed by atoms with Crippen molar-refractivity contribution in [1.29, 1.82) is 0 Å². The van der Waals surface area contributed by atoms with Crippen LogP contribution in [0.5, 0.6) is 0 Å². The van der Waals surface area contributed by atoms with Crippen LogP contribution < -0.4 is 21.3 Å². The first kappa shape index (κ1) is 22.9. The van der Waals surface area contributed by atoms with Gasteiger partial charge in [0, 0.05) is 43.0 Å². The van der Waals surface area contributed by atoms with Crippen LogP contribution in [0, 0.1) is 5.92 Å². The van der Waals surface area contributed by atoms with Crippen molar-refractivity contribution in [3.05, 3.63) is 24.3 Å². The number of carbonyl (C=O) groups is 3. The maximum atomic E-state index is 12.5. The second-order valence-corrected chi connectivity index (χ2v) is 8.49. The summed E-state index contributed by atoms with van der Waals surface area (Å²) in [5, 5.41) is 11.7. The summed E-state index contributed by atoms with van der Waals surface area (Å²) in [6, 6.07) is 7.02. The van der Waals surface area contributed by atoms with Gasteiger partial charge in [0.05, 0.1) is 0 Å². The van der Waals surface area contributed by atoms with Gasteiger partial charge in [-0.1, -0.05) is 26.2 Å². The summed E-state index contributed by atoms with van der Waals surface area (Å²) >= 11 is 0.